The Morgan fingerprint density at radius 1 is 0.838 bits per heavy atom. The van der Waals surface area contributed by atoms with Gasteiger partial charge in [-0.3, -0.25) is 0 Å². The van der Waals surface area contributed by atoms with E-state index in [1.807, 2.05) is 50.3 Å². The van der Waals surface area contributed by atoms with Gasteiger partial charge in [-0.05, 0) is 80.3 Å². The summed E-state index contributed by atoms with van der Waals surface area (Å²) in [6.07, 6.45) is 3.24. The lowest BCUT2D eigenvalue weighted by Crippen LogP contribution is -2.30. The summed E-state index contributed by atoms with van der Waals surface area (Å²) in [6.45, 7) is 26.7. The number of ether oxygens (including phenoxy) is 1. The number of nitriles is 2. The zero-order chi connectivity index (χ0) is 27.2. The molecule has 7 heteroatoms. The fourth-order valence-electron chi connectivity index (χ4n) is 3.90. The number of hydrogen-bond acceptors (Lipinski definition) is 5. The van der Waals surface area contributed by atoms with Crippen LogP contribution in [-0.2, 0) is 4.74 Å². The molecule has 0 aromatic heterocycles. The molecule has 0 aliphatic heterocycles. The van der Waals surface area contributed by atoms with Crippen LogP contribution >= 0.6 is 0 Å². The molecule has 2 rings (SSSR count). The Balaban J connectivity index is 1.93. The lowest BCUT2D eigenvalue weighted by molar-refractivity contribution is 0.146. The van der Waals surface area contributed by atoms with Crippen LogP contribution in [0.15, 0.2) is 47.8 Å². The number of aryl methyl sites for hydroxylation is 2. The van der Waals surface area contributed by atoms with E-state index in [2.05, 4.69) is 45.5 Å². The number of nitrogens with zero attached hydrogens (tertiary/aromatic N) is 6. The maximum Gasteiger partial charge on any atom is 0.519 e. The molecule has 0 unspecified atom stereocenters. The molecular weight excluding hydrogens is 460 g/mol. The van der Waals surface area contributed by atoms with Crippen molar-refractivity contribution >= 4 is 23.5 Å². The van der Waals surface area contributed by atoms with E-state index in [1.165, 1.54) is 0 Å². The Morgan fingerprint density at radius 3 is 1.68 bits per heavy atom. The quantitative estimate of drug-likeness (QED) is 0.199. The zero-order valence-electron chi connectivity index (χ0n) is 22.0. The number of anilines is 2. The first kappa shape index (κ1) is 28.7. The molecule has 7 nitrogen and oxygen atoms in total. The van der Waals surface area contributed by atoms with E-state index < -0.39 is 0 Å². The highest BCUT2D eigenvalue weighted by Crippen LogP contribution is 2.23. The van der Waals surface area contributed by atoms with E-state index in [1.54, 1.807) is 12.2 Å². The van der Waals surface area contributed by atoms with E-state index in [9.17, 15) is 0 Å². The van der Waals surface area contributed by atoms with E-state index >= 15 is 0 Å². The zero-order valence-corrected chi connectivity index (χ0v) is 22.0. The van der Waals surface area contributed by atoms with Crippen molar-refractivity contribution in [2.45, 2.75) is 27.7 Å². The van der Waals surface area contributed by atoms with E-state index in [0.29, 0.717) is 13.2 Å². The predicted octanol–water partition coefficient (Wildman–Crippen LogP) is 6.24. The third-order valence-electron chi connectivity index (χ3n) is 6.07. The second-order valence-electron chi connectivity index (χ2n) is 8.36. The SMILES string of the molecule is [C-]#[N+]C(=Cc1ccc(N(CC)CCOCCN(CC)c2ccc(C=C(C#N)C#N)c(C)c2)cc1C)[N+]#[C-]. The first-order chi connectivity index (χ1) is 17.9. The monoisotopic (exact) mass is 492 g/mol. The van der Waals surface area contributed by atoms with Crippen LogP contribution in [0, 0.1) is 49.7 Å². The van der Waals surface area contributed by atoms with Gasteiger partial charge in [-0.15, -0.1) is 0 Å². The maximum absolute atomic E-state index is 9.00. The van der Waals surface area contributed by atoms with E-state index in [4.69, 9.17) is 28.4 Å². The van der Waals surface area contributed by atoms with Crippen LogP contribution < -0.4 is 9.80 Å². The molecule has 37 heavy (non-hydrogen) atoms. The Hall–Kier alpha value is -4.56. The summed E-state index contributed by atoms with van der Waals surface area (Å²) < 4.78 is 5.97. The molecule has 0 aliphatic rings. The molecule has 0 bridgehead atoms. The molecule has 0 aliphatic carbocycles. The van der Waals surface area contributed by atoms with Crippen LogP contribution in [0.5, 0.6) is 0 Å². The fourth-order valence-corrected chi connectivity index (χ4v) is 3.90. The molecule has 0 saturated heterocycles. The van der Waals surface area contributed by atoms with Crippen molar-refractivity contribution in [3.63, 3.8) is 0 Å². The van der Waals surface area contributed by atoms with Gasteiger partial charge in [-0.25, -0.2) is 0 Å². The molecule has 0 spiro atoms. The van der Waals surface area contributed by atoms with Crippen molar-refractivity contribution in [1.82, 2.24) is 0 Å². The third-order valence-corrected chi connectivity index (χ3v) is 6.07. The normalized spacial score (nSPS) is 9.73. The van der Waals surface area contributed by atoms with Crippen molar-refractivity contribution < 1.29 is 4.74 Å². The average molecular weight is 493 g/mol. The Morgan fingerprint density at radius 2 is 1.30 bits per heavy atom. The summed E-state index contributed by atoms with van der Waals surface area (Å²) >= 11 is 0. The highest BCUT2D eigenvalue weighted by atomic mass is 16.5. The van der Waals surface area contributed by atoms with Gasteiger partial charge < -0.3 is 14.5 Å². The highest BCUT2D eigenvalue weighted by molar-refractivity contribution is 5.67. The summed E-state index contributed by atoms with van der Waals surface area (Å²) in [5.41, 5.74) is 6.04. The molecule has 2 aromatic rings. The summed E-state index contributed by atoms with van der Waals surface area (Å²) in [4.78, 5) is 11.0. The second kappa shape index (κ2) is 14.8. The lowest BCUT2D eigenvalue weighted by Gasteiger charge is -2.26. The van der Waals surface area contributed by atoms with Gasteiger partial charge in [0.05, 0.1) is 13.2 Å². The number of benzene rings is 2. The van der Waals surface area contributed by atoms with Crippen LogP contribution in [0.2, 0.25) is 0 Å². The molecule has 0 saturated carbocycles. The average Bonchev–Trinajstić information content (AvgIpc) is 2.91. The first-order valence-electron chi connectivity index (χ1n) is 12.2. The van der Waals surface area contributed by atoms with Crippen LogP contribution in [0.1, 0.15) is 36.1 Å². The number of allylic oxidation sites excluding steroid dienone is 1. The molecule has 0 fully saturated rings. The minimum atomic E-state index is 0.0628. The van der Waals surface area contributed by atoms with Crippen molar-refractivity contribution in [2.24, 2.45) is 0 Å². The van der Waals surface area contributed by atoms with Gasteiger partial charge in [0.25, 0.3) is 0 Å². The first-order valence-corrected chi connectivity index (χ1v) is 12.2. The number of rotatable bonds is 12. The summed E-state index contributed by atoms with van der Waals surface area (Å²) in [6, 6.07) is 15.9. The molecule has 0 heterocycles. The smallest absolute Gasteiger partial charge is 0.378 e. The van der Waals surface area contributed by atoms with E-state index in [0.717, 1.165) is 59.8 Å². The van der Waals surface area contributed by atoms with Gasteiger partial charge in [0.2, 0.25) is 0 Å². The topological polar surface area (TPSA) is 72.0 Å². The minimum absolute atomic E-state index is 0.0628. The predicted molar refractivity (Wildman–Crippen MR) is 149 cm³/mol. The largest absolute Gasteiger partial charge is 0.519 e. The standard InChI is InChI=1S/C30H32N6O/c1-7-35(28-11-9-26(23(3)17-28)19-25(21-31)22-32)13-15-37-16-14-36(8-2)29-12-10-27(24(4)18-29)20-30(33-5)34-6/h9-12,17-20H,7-8,13-16H2,1-4H3. The maximum atomic E-state index is 9.00. The Kier molecular flexibility index (Phi) is 11.4. The second-order valence-corrected chi connectivity index (χ2v) is 8.36. The fraction of sp³-hybridized carbons (Fsp3) is 0.333. The van der Waals surface area contributed by atoms with Gasteiger partial charge >= 0.3 is 5.82 Å². The van der Waals surface area contributed by atoms with Crippen molar-refractivity contribution in [3.05, 3.63) is 92.9 Å². The summed E-state index contributed by atoms with van der Waals surface area (Å²) in [5.74, 6) is 0.0628. The van der Waals surface area contributed by atoms with Crippen molar-refractivity contribution in [2.75, 3.05) is 49.2 Å². The Labute approximate surface area is 220 Å². The summed E-state index contributed by atoms with van der Waals surface area (Å²) in [5, 5.41) is 18.0. The number of hydrogen-bond donors (Lipinski definition) is 0. The van der Waals surface area contributed by atoms with Gasteiger partial charge in [0, 0.05) is 43.6 Å². The molecule has 188 valence electrons. The van der Waals surface area contributed by atoms with Crippen LogP contribution in [0.4, 0.5) is 11.4 Å². The van der Waals surface area contributed by atoms with Crippen LogP contribution in [0.3, 0.4) is 0 Å². The molecule has 0 radical (unpaired) electrons. The molecule has 0 N–H and O–H groups in total. The van der Waals surface area contributed by atoms with Crippen LogP contribution in [-0.4, -0.2) is 39.4 Å². The molecule has 0 amide bonds. The van der Waals surface area contributed by atoms with Crippen molar-refractivity contribution in [3.8, 4) is 12.1 Å². The van der Waals surface area contributed by atoms with Gasteiger partial charge in [-0.1, -0.05) is 12.1 Å². The molecular formula is C30H32N6O. The lowest BCUT2D eigenvalue weighted by atomic mass is 10.0. The van der Waals surface area contributed by atoms with Crippen LogP contribution in [0.25, 0.3) is 21.8 Å². The van der Waals surface area contributed by atoms with Crippen molar-refractivity contribution in [1.29, 1.82) is 10.5 Å². The van der Waals surface area contributed by atoms with Gasteiger partial charge in [-0.2, -0.15) is 20.2 Å². The van der Waals surface area contributed by atoms with Gasteiger partial charge in [0.1, 0.15) is 30.9 Å². The third kappa shape index (κ3) is 8.26. The Bertz CT molecular complexity index is 1180. The van der Waals surface area contributed by atoms with E-state index in [-0.39, 0.29) is 11.4 Å². The molecule has 2 aromatic carbocycles. The highest BCUT2D eigenvalue weighted by Gasteiger charge is 2.10. The van der Waals surface area contributed by atoms with Gasteiger partial charge in [0.15, 0.2) is 0 Å². The summed E-state index contributed by atoms with van der Waals surface area (Å²) in [7, 11) is 0. The number of likely N-dealkylation sites (N-methyl/N-ethyl adjacent to an activating group) is 2. The molecule has 0 atom stereocenters. The minimum Gasteiger partial charge on any atom is -0.378 e.